The Morgan fingerprint density at radius 3 is 2.82 bits per heavy atom. The van der Waals surface area contributed by atoms with E-state index in [0.29, 0.717) is 0 Å². The third-order valence-electron chi connectivity index (χ3n) is 2.10. The van der Waals surface area contributed by atoms with Gasteiger partial charge < -0.3 is 11.5 Å². The van der Waals surface area contributed by atoms with Crippen molar-refractivity contribution >= 4 is 22.6 Å². The summed E-state index contributed by atoms with van der Waals surface area (Å²) < 4.78 is 1.17. The van der Waals surface area contributed by atoms with Crippen molar-refractivity contribution in [2.75, 3.05) is 0 Å². The molecule has 3 heteroatoms. The molecule has 0 bridgehead atoms. The second kappa shape index (κ2) is 3.25. The predicted molar refractivity (Wildman–Crippen MR) is 56.4 cm³/mol. The molecule has 1 aliphatic rings. The maximum Gasteiger partial charge on any atom is 0.0539 e. The molecule has 0 aromatic carbocycles. The van der Waals surface area contributed by atoms with Gasteiger partial charge in [0.05, 0.1) is 5.54 Å². The van der Waals surface area contributed by atoms with E-state index >= 15 is 0 Å². The summed E-state index contributed by atoms with van der Waals surface area (Å²) in [4.78, 5) is 0. The molecule has 0 aliphatic heterocycles. The van der Waals surface area contributed by atoms with Gasteiger partial charge in [0, 0.05) is 9.62 Å². The Kier molecular flexibility index (Phi) is 2.72. The molecule has 1 rings (SSSR count). The molecule has 4 N–H and O–H groups in total. The second-order valence-corrected chi connectivity index (χ2v) is 4.13. The minimum absolute atomic E-state index is 0.0361. The molecule has 0 heterocycles. The number of halogens is 1. The van der Waals surface area contributed by atoms with Gasteiger partial charge in [-0.2, -0.15) is 0 Å². The molecule has 1 aliphatic carbocycles. The van der Waals surface area contributed by atoms with E-state index in [4.69, 9.17) is 11.5 Å². The lowest BCUT2D eigenvalue weighted by Gasteiger charge is -2.32. The van der Waals surface area contributed by atoms with Gasteiger partial charge >= 0.3 is 0 Å². The molecule has 11 heavy (non-hydrogen) atoms. The first-order valence-electron chi connectivity index (χ1n) is 3.69. The van der Waals surface area contributed by atoms with Crippen LogP contribution in [0.4, 0.5) is 0 Å². The van der Waals surface area contributed by atoms with Crippen molar-refractivity contribution in [3.63, 3.8) is 0 Å². The molecule has 2 unspecified atom stereocenters. The fraction of sp³-hybridized carbons (Fsp3) is 0.500. The Balaban J connectivity index is 2.89. The Labute approximate surface area is 80.9 Å². The van der Waals surface area contributed by atoms with Gasteiger partial charge in [0.1, 0.15) is 0 Å². The number of rotatable bonds is 1. The number of allylic oxidation sites excluding steroid dienone is 2. The smallest absolute Gasteiger partial charge is 0.0539 e. The van der Waals surface area contributed by atoms with Gasteiger partial charge in [0.2, 0.25) is 0 Å². The van der Waals surface area contributed by atoms with Gasteiger partial charge in [-0.15, -0.1) is 0 Å². The SMILES string of the molecule is CCC1(N)C=C(I)C=CC1N. The van der Waals surface area contributed by atoms with Crippen LogP contribution in [0.15, 0.2) is 21.8 Å². The minimum Gasteiger partial charge on any atom is -0.323 e. The monoisotopic (exact) mass is 264 g/mol. The van der Waals surface area contributed by atoms with Crippen LogP contribution in [-0.4, -0.2) is 11.6 Å². The summed E-state index contributed by atoms with van der Waals surface area (Å²) in [6, 6.07) is -0.0361. The van der Waals surface area contributed by atoms with E-state index in [0.717, 1.165) is 6.42 Å². The number of nitrogens with two attached hydrogens (primary N) is 2. The van der Waals surface area contributed by atoms with E-state index in [1.54, 1.807) is 0 Å². The summed E-state index contributed by atoms with van der Waals surface area (Å²) in [5.41, 5.74) is 11.5. The van der Waals surface area contributed by atoms with Crippen LogP contribution >= 0.6 is 22.6 Å². The van der Waals surface area contributed by atoms with Crippen LogP contribution in [0.5, 0.6) is 0 Å². The van der Waals surface area contributed by atoms with Gasteiger partial charge in [0.25, 0.3) is 0 Å². The number of hydrogen-bond donors (Lipinski definition) is 2. The lowest BCUT2D eigenvalue weighted by atomic mass is 9.86. The van der Waals surface area contributed by atoms with Crippen LogP contribution in [0.3, 0.4) is 0 Å². The minimum atomic E-state index is -0.328. The molecule has 0 radical (unpaired) electrons. The van der Waals surface area contributed by atoms with Crippen LogP contribution in [0, 0.1) is 0 Å². The fourth-order valence-corrected chi connectivity index (χ4v) is 1.90. The van der Waals surface area contributed by atoms with Crippen LogP contribution < -0.4 is 11.5 Å². The first-order valence-corrected chi connectivity index (χ1v) is 4.77. The van der Waals surface area contributed by atoms with Crippen molar-refractivity contribution < 1.29 is 0 Å². The Morgan fingerprint density at radius 2 is 2.36 bits per heavy atom. The molecule has 0 spiro atoms. The summed E-state index contributed by atoms with van der Waals surface area (Å²) in [5.74, 6) is 0. The zero-order valence-corrected chi connectivity index (χ0v) is 8.71. The third kappa shape index (κ3) is 1.83. The summed E-state index contributed by atoms with van der Waals surface area (Å²) in [5, 5.41) is 0. The largest absolute Gasteiger partial charge is 0.323 e. The highest BCUT2D eigenvalue weighted by Gasteiger charge is 2.28. The van der Waals surface area contributed by atoms with E-state index < -0.39 is 0 Å². The molecular weight excluding hydrogens is 251 g/mol. The molecule has 2 nitrogen and oxygen atoms in total. The zero-order chi connectivity index (χ0) is 8.48. The lowest BCUT2D eigenvalue weighted by Crippen LogP contribution is -2.53. The highest BCUT2D eigenvalue weighted by atomic mass is 127. The highest BCUT2D eigenvalue weighted by molar-refractivity contribution is 14.1. The van der Waals surface area contributed by atoms with Crippen molar-refractivity contribution in [2.24, 2.45) is 11.5 Å². The van der Waals surface area contributed by atoms with Crippen LogP contribution in [0.1, 0.15) is 13.3 Å². The average molecular weight is 264 g/mol. The maximum absolute atomic E-state index is 6.03. The van der Waals surface area contributed by atoms with Crippen LogP contribution in [0.2, 0.25) is 0 Å². The molecule has 0 aromatic rings. The van der Waals surface area contributed by atoms with Gasteiger partial charge in [-0.1, -0.05) is 19.1 Å². The van der Waals surface area contributed by atoms with Gasteiger partial charge in [-0.3, -0.25) is 0 Å². The Bertz CT molecular complexity index is 210. The molecule has 0 aromatic heterocycles. The third-order valence-corrected chi connectivity index (χ3v) is 2.77. The summed E-state index contributed by atoms with van der Waals surface area (Å²) in [6.07, 6.45) is 6.89. The summed E-state index contributed by atoms with van der Waals surface area (Å²) in [6.45, 7) is 2.06. The van der Waals surface area contributed by atoms with Gasteiger partial charge in [-0.25, -0.2) is 0 Å². The summed E-state index contributed by atoms with van der Waals surface area (Å²) in [7, 11) is 0. The van der Waals surface area contributed by atoms with Crippen LogP contribution in [-0.2, 0) is 0 Å². The van der Waals surface area contributed by atoms with E-state index in [1.165, 1.54) is 3.58 Å². The van der Waals surface area contributed by atoms with Gasteiger partial charge in [0.15, 0.2) is 0 Å². The molecule has 0 fully saturated rings. The Morgan fingerprint density at radius 1 is 1.73 bits per heavy atom. The lowest BCUT2D eigenvalue weighted by molar-refractivity contribution is 0.454. The molecule has 0 saturated carbocycles. The predicted octanol–water partition coefficient (Wildman–Crippen LogP) is 1.31. The first kappa shape index (κ1) is 9.22. The average Bonchev–Trinajstić information content (AvgIpc) is 1.98. The van der Waals surface area contributed by atoms with E-state index in [1.807, 2.05) is 18.2 Å². The van der Waals surface area contributed by atoms with Crippen molar-refractivity contribution in [3.05, 3.63) is 21.8 Å². The highest BCUT2D eigenvalue weighted by Crippen LogP contribution is 2.24. The standard InChI is InChI=1S/C8H13IN2/c1-2-8(11)5-6(9)3-4-7(8)10/h3-5,7H,2,10-11H2,1H3. The maximum atomic E-state index is 6.03. The van der Waals surface area contributed by atoms with Crippen molar-refractivity contribution in [1.82, 2.24) is 0 Å². The number of hydrogen-bond acceptors (Lipinski definition) is 2. The Hall–Kier alpha value is 0.130. The topological polar surface area (TPSA) is 52.0 Å². The normalized spacial score (nSPS) is 37.1. The van der Waals surface area contributed by atoms with E-state index in [2.05, 4.69) is 29.5 Å². The van der Waals surface area contributed by atoms with Crippen molar-refractivity contribution in [3.8, 4) is 0 Å². The fourth-order valence-electron chi connectivity index (χ4n) is 1.11. The zero-order valence-electron chi connectivity index (χ0n) is 6.55. The molecule has 0 saturated heterocycles. The molecule has 0 amide bonds. The molecule has 2 atom stereocenters. The van der Waals surface area contributed by atoms with Crippen LogP contribution in [0.25, 0.3) is 0 Å². The first-order chi connectivity index (χ1) is 5.08. The quantitative estimate of drug-likeness (QED) is 0.701. The molecule has 62 valence electrons. The van der Waals surface area contributed by atoms with Gasteiger partial charge in [-0.05, 0) is 35.1 Å². The van der Waals surface area contributed by atoms with E-state index in [9.17, 15) is 0 Å². The second-order valence-electron chi connectivity index (χ2n) is 2.88. The van der Waals surface area contributed by atoms with Crippen molar-refractivity contribution in [2.45, 2.75) is 24.9 Å². The van der Waals surface area contributed by atoms with Crippen molar-refractivity contribution in [1.29, 1.82) is 0 Å². The summed E-state index contributed by atoms with van der Waals surface area (Å²) >= 11 is 2.25. The van der Waals surface area contributed by atoms with E-state index in [-0.39, 0.29) is 11.6 Å². The molecular formula is C8H13IN2.